The van der Waals surface area contributed by atoms with Gasteiger partial charge in [0.25, 0.3) is 0 Å². The molecule has 4 rings (SSSR count). The Kier molecular flexibility index (Phi) is 3.96. The van der Waals surface area contributed by atoms with Gasteiger partial charge in [0.2, 0.25) is 11.7 Å². The monoisotopic (exact) mass is 326 g/mol. The Morgan fingerprint density at radius 1 is 1.38 bits per heavy atom. The van der Waals surface area contributed by atoms with Crippen LogP contribution in [0.3, 0.4) is 0 Å². The molecule has 1 aliphatic rings. The molecule has 0 unspecified atom stereocenters. The smallest absolute Gasteiger partial charge is 0.241 e. The van der Waals surface area contributed by atoms with Gasteiger partial charge in [0.05, 0.1) is 13.7 Å². The van der Waals surface area contributed by atoms with Crippen LogP contribution in [0.4, 0.5) is 0 Å². The maximum absolute atomic E-state index is 5.48. The quantitative estimate of drug-likeness (QED) is 0.765. The van der Waals surface area contributed by atoms with Gasteiger partial charge >= 0.3 is 0 Å². The molecule has 1 saturated heterocycles. The predicted octanol–water partition coefficient (Wildman–Crippen LogP) is 1.85. The highest BCUT2D eigenvalue weighted by molar-refractivity contribution is 5.39. The topological polar surface area (TPSA) is 93.0 Å². The molecule has 3 aromatic rings. The van der Waals surface area contributed by atoms with Crippen LogP contribution in [0.15, 0.2) is 35.1 Å². The summed E-state index contributed by atoms with van der Waals surface area (Å²) in [6.45, 7) is 2.57. The van der Waals surface area contributed by atoms with Gasteiger partial charge in [-0.15, -0.1) is 0 Å². The molecule has 1 fully saturated rings. The van der Waals surface area contributed by atoms with E-state index >= 15 is 0 Å². The molecule has 2 aromatic heterocycles. The highest BCUT2D eigenvalue weighted by Crippen LogP contribution is 2.33. The summed E-state index contributed by atoms with van der Waals surface area (Å²) < 4.78 is 10.8. The van der Waals surface area contributed by atoms with Crippen LogP contribution in [0.5, 0.6) is 5.75 Å². The second kappa shape index (κ2) is 6.40. The van der Waals surface area contributed by atoms with Gasteiger partial charge in [0.1, 0.15) is 12.1 Å². The van der Waals surface area contributed by atoms with E-state index in [9.17, 15) is 0 Å². The molecule has 0 bridgehead atoms. The fraction of sp³-hybridized carbons (Fsp3) is 0.375. The van der Waals surface area contributed by atoms with Crippen molar-refractivity contribution >= 4 is 0 Å². The number of aromatic amines is 1. The van der Waals surface area contributed by atoms with E-state index in [1.165, 1.54) is 11.9 Å². The number of likely N-dealkylation sites (tertiary alicyclic amines) is 1. The van der Waals surface area contributed by atoms with Crippen LogP contribution < -0.4 is 4.74 Å². The number of hydrogen-bond donors (Lipinski definition) is 1. The Morgan fingerprint density at radius 2 is 2.29 bits per heavy atom. The van der Waals surface area contributed by atoms with Crippen molar-refractivity contribution in [1.82, 2.24) is 30.2 Å². The number of ether oxygens (including phenoxy) is 1. The third-order valence-electron chi connectivity index (χ3n) is 4.30. The van der Waals surface area contributed by atoms with Gasteiger partial charge in [0.15, 0.2) is 5.82 Å². The van der Waals surface area contributed by atoms with Crippen LogP contribution in [-0.2, 0) is 6.54 Å². The molecule has 8 heteroatoms. The van der Waals surface area contributed by atoms with E-state index in [4.69, 9.17) is 9.26 Å². The maximum atomic E-state index is 5.48. The van der Waals surface area contributed by atoms with E-state index in [0.29, 0.717) is 30.0 Å². The molecular weight excluding hydrogens is 308 g/mol. The van der Waals surface area contributed by atoms with E-state index in [2.05, 4.69) is 42.4 Å². The Morgan fingerprint density at radius 3 is 3.12 bits per heavy atom. The first-order valence-corrected chi connectivity index (χ1v) is 7.87. The molecule has 1 aliphatic heterocycles. The molecule has 0 aliphatic carbocycles. The first kappa shape index (κ1) is 14.8. The van der Waals surface area contributed by atoms with Crippen LogP contribution in [0, 0.1) is 0 Å². The molecule has 3 heterocycles. The van der Waals surface area contributed by atoms with Crippen LogP contribution >= 0.6 is 0 Å². The van der Waals surface area contributed by atoms with Gasteiger partial charge in [-0.25, -0.2) is 4.98 Å². The largest absolute Gasteiger partial charge is 0.496 e. The lowest BCUT2D eigenvalue weighted by Gasteiger charge is -2.16. The van der Waals surface area contributed by atoms with E-state index in [1.807, 2.05) is 12.1 Å². The number of H-pyrrole nitrogens is 1. The average Bonchev–Trinajstić information content (AvgIpc) is 3.36. The zero-order valence-electron chi connectivity index (χ0n) is 13.3. The summed E-state index contributed by atoms with van der Waals surface area (Å²) in [6, 6.07) is 8.21. The first-order valence-electron chi connectivity index (χ1n) is 7.87. The molecule has 0 spiro atoms. The Balaban J connectivity index is 1.42. The van der Waals surface area contributed by atoms with E-state index in [1.54, 1.807) is 7.11 Å². The fourth-order valence-electron chi connectivity index (χ4n) is 3.15. The van der Waals surface area contributed by atoms with Crippen molar-refractivity contribution in [2.45, 2.75) is 18.9 Å². The van der Waals surface area contributed by atoms with Crippen molar-refractivity contribution < 1.29 is 9.26 Å². The molecular formula is C16H18N6O2. The SMILES string of the molecule is COc1ccccc1[C@@H]1CCN(Cc2nc(-c3ncn[nH]3)no2)C1. The Labute approximate surface area is 138 Å². The molecule has 24 heavy (non-hydrogen) atoms. The summed E-state index contributed by atoms with van der Waals surface area (Å²) in [4.78, 5) is 10.7. The summed E-state index contributed by atoms with van der Waals surface area (Å²) in [5.74, 6) is 2.94. The Bertz CT molecular complexity index is 801. The number of methoxy groups -OCH3 is 1. The molecule has 0 saturated carbocycles. The average molecular weight is 326 g/mol. The van der Waals surface area contributed by atoms with Crippen LogP contribution in [0.1, 0.15) is 23.8 Å². The molecule has 1 atom stereocenters. The molecule has 1 aromatic carbocycles. The number of aromatic nitrogens is 5. The van der Waals surface area contributed by atoms with Crippen molar-refractivity contribution in [1.29, 1.82) is 0 Å². The third kappa shape index (κ3) is 2.88. The van der Waals surface area contributed by atoms with E-state index in [0.717, 1.165) is 25.3 Å². The molecule has 0 amide bonds. The second-order valence-corrected chi connectivity index (χ2v) is 5.81. The van der Waals surface area contributed by atoms with Crippen molar-refractivity contribution in [2.75, 3.05) is 20.2 Å². The molecule has 1 N–H and O–H groups in total. The summed E-state index contributed by atoms with van der Waals surface area (Å²) in [5.41, 5.74) is 1.26. The zero-order chi connectivity index (χ0) is 16.4. The highest BCUT2D eigenvalue weighted by Gasteiger charge is 2.27. The van der Waals surface area contributed by atoms with Crippen molar-refractivity contribution in [2.24, 2.45) is 0 Å². The van der Waals surface area contributed by atoms with Gasteiger partial charge in [-0.1, -0.05) is 23.4 Å². The lowest BCUT2D eigenvalue weighted by Crippen LogP contribution is -2.20. The summed E-state index contributed by atoms with van der Waals surface area (Å²) in [5, 5.41) is 10.5. The minimum absolute atomic E-state index is 0.433. The summed E-state index contributed by atoms with van der Waals surface area (Å²) in [7, 11) is 1.72. The third-order valence-corrected chi connectivity index (χ3v) is 4.30. The predicted molar refractivity (Wildman–Crippen MR) is 85.3 cm³/mol. The number of benzene rings is 1. The summed E-state index contributed by atoms with van der Waals surface area (Å²) in [6.07, 6.45) is 2.51. The maximum Gasteiger partial charge on any atom is 0.241 e. The lowest BCUT2D eigenvalue weighted by molar-refractivity contribution is 0.265. The standard InChI is InChI=1S/C16H18N6O2/c1-23-13-5-3-2-4-12(13)11-6-7-22(8-11)9-14-19-16(21-24-14)15-17-10-18-20-15/h2-5,10-11H,6-9H2,1H3,(H,17,18,20)/t11-/m1/s1. The first-order chi connectivity index (χ1) is 11.8. The number of para-hydroxylation sites is 1. The van der Waals surface area contributed by atoms with Crippen LogP contribution in [0.25, 0.3) is 11.6 Å². The van der Waals surface area contributed by atoms with Gasteiger partial charge in [-0.2, -0.15) is 10.1 Å². The number of hydrogen-bond acceptors (Lipinski definition) is 7. The minimum atomic E-state index is 0.433. The van der Waals surface area contributed by atoms with Crippen molar-refractivity contribution in [3.05, 3.63) is 42.0 Å². The number of nitrogens with one attached hydrogen (secondary N) is 1. The van der Waals surface area contributed by atoms with Crippen molar-refractivity contribution in [3.8, 4) is 17.4 Å². The van der Waals surface area contributed by atoms with Gasteiger partial charge in [-0.05, 0) is 24.6 Å². The molecule has 124 valence electrons. The number of nitrogens with zero attached hydrogens (tertiary/aromatic N) is 5. The van der Waals surface area contributed by atoms with Crippen LogP contribution in [0.2, 0.25) is 0 Å². The van der Waals surface area contributed by atoms with Crippen molar-refractivity contribution in [3.63, 3.8) is 0 Å². The normalized spacial score (nSPS) is 18.1. The molecule has 8 nitrogen and oxygen atoms in total. The van der Waals surface area contributed by atoms with E-state index < -0.39 is 0 Å². The zero-order valence-corrected chi connectivity index (χ0v) is 13.3. The van der Waals surface area contributed by atoms with Crippen LogP contribution in [-0.4, -0.2) is 50.4 Å². The van der Waals surface area contributed by atoms with Gasteiger partial charge in [-0.3, -0.25) is 10.00 Å². The minimum Gasteiger partial charge on any atom is -0.496 e. The fourth-order valence-corrected chi connectivity index (χ4v) is 3.15. The molecule has 0 radical (unpaired) electrons. The van der Waals surface area contributed by atoms with Gasteiger partial charge in [0, 0.05) is 12.5 Å². The van der Waals surface area contributed by atoms with E-state index in [-0.39, 0.29) is 0 Å². The number of rotatable bonds is 5. The summed E-state index contributed by atoms with van der Waals surface area (Å²) >= 11 is 0. The van der Waals surface area contributed by atoms with Gasteiger partial charge < -0.3 is 9.26 Å². The highest BCUT2D eigenvalue weighted by atomic mass is 16.5. The lowest BCUT2D eigenvalue weighted by atomic mass is 9.97. The second-order valence-electron chi connectivity index (χ2n) is 5.81. The Hall–Kier alpha value is -2.74.